The highest BCUT2D eigenvalue weighted by atomic mass is 16.5. The van der Waals surface area contributed by atoms with Gasteiger partial charge in [0.1, 0.15) is 0 Å². The summed E-state index contributed by atoms with van der Waals surface area (Å²) in [6, 6.07) is 16.4. The summed E-state index contributed by atoms with van der Waals surface area (Å²) in [5.41, 5.74) is 3.04. The average Bonchev–Trinajstić information content (AvgIpc) is 3.16. The third-order valence-electron chi connectivity index (χ3n) is 3.94. The highest BCUT2D eigenvalue weighted by molar-refractivity contribution is 6.04. The average molecular weight is 364 g/mol. The molecule has 0 fully saturated rings. The molecule has 7 heteroatoms. The second-order valence-corrected chi connectivity index (χ2v) is 5.76. The van der Waals surface area contributed by atoms with Crippen LogP contribution < -0.4 is 10.6 Å². The highest BCUT2D eigenvalue weighted by Gasteiger charge is 2.14. The minimum Gasteiger partial charge on any atom is -0.450 e. The van der Waals surface area contributed by atoms with Crippen LogP contribution >= 0.6 is 0 Å². The van der Waals surface area contributed by atoms with E-state index in [4.69, 9.17) is 4.74 Å². The fourth-order valence-electron chi connectivity index (χ4n) is 2.54. The van der Waals surface area contributed by atoms with Crippen molar-refractivity contribution in [3.63, 3.8) is 0 Å². The number of para-hydroxylation sites is 1. The number of anilines is 2. The zero-order chi connectivity index (χ0) is 19.2. The predicted octanol–water partition coefficient (Wildman–Crippen LogP) is 4.00. The quantitative estimate of drug-likeness (QED) is 0.716. The number of carbonyl (C=O) groups is 2. The first-order valence-corrected chi connectivity index (χ1v) is 8.54. The van der Waals surface area contributed by atoms with E-state index in [1.165, 1.54) is 0 Å². The Bertz CT molecular complexity index is 951. The molecule has 2 amide bonds. The van der Waals surface area contributed by atoms with Gasteiger partial charge in [-0.05, 0) is 49.7 Å². The Kier molecular flexibility index (Phi) is 5.51. The maximum absolute atomic E-state index is 12.5. The van der Waals surface area contributed by atoms with E-state index in [1.807, 2.05) is 30.3 Å². The third-order valence-corrected chi connectivity index (χ3v) is 3.94. The van der Waals surface area contributed by atoms with E-state index in [1.54, 1.807) is 49.0 Å². The second kappa shape index (κ2) is 8.18. The van der Waals surface area contributed by atoms with Gasteiger partial charge in [-0.25, -0.2) is 9.48 Å². The van der Waals surface area contributed by atoms with Crippen molar-refractivity contribution in [2.24, 2.45) is 0 Å². The maximum Gasteiger partial charge on any atom is 0.411 e. The smallest absolute Gasteiger partial charge is 0.411 e. The molecule has 0 aliphatic rings. The van der Waals surface area contributed by atoms with E-state index in [9.17, 15) is 9.59 Å². The van der Waals surface area contributed by atoms with Crippen molar-refractivity contribution in [3.8, 4) is 5.69 Å². The number of carbonyl (C=O) groups excluding carboxylic acids is 2. The summed E-state index contributed by atoms with van der Waals surface area (Å²) in [7, 11) is 0. The van der Waals surface area contributed by atoms with Crippen molar-refractivity contribution in [3.05, 3.63) is 72.1 Å². The Balaban J connectivity index is 1.75. The van der Waals surface area contributed by atoms with Gasteiger partial charge in [0.2, 0.25) is 0 Å². The van der Waals surface area contributed by atoms with Crippen LogP contribution in [-0.2, 0) is 4.74 Å². The number of amides is 2. The number of nitrogens with one attached hydrogen (secondary N) is 2. The summed E-state index contributed by atoms with van der Waals surface area (Å²) in [5, 5.41) is 9.80. The number of rotatable bonds is 5. The van der Waals surface area contributed by atoms with Crippen molar-refractivity contribution < 1.29 is 14.3 Å². The molecule has 1 heterocycles. The fourth-order valence-corrected chi connectivity index (χ4v) is 2.54. The molecule has 2 aromatic carbocycles. The Morgan fingerprint density at radius 1 is 1.00 bits per heavy atom. The maximum atomic E-state index is 12.5. The largest absolute Gasteiger partial charge is 0.450 e. The van der Waals surface area contributed by atoms with E-state index >= 15 is 0 Å². The molecular formula is C20H20N4O3. The van der Waals surface area contributed by atoms with Crippen LogP contribution in [0.4, 0.5) is 16.2 Å². The molecule has 1 aromatic heterocycles. The van der Waals surface area contributed by atoms with E-state index in [-0.39, 0.29) is 12.5 Å². The van der Waals surface area contributed by atoms with Crippen LogP contribution in [0.3, 0.4) is 0 Å². The third kappa shape index (κ3) is 4.33. The lowest BCUT2D eigenvalue weighted by Gasteiger charge is -2.12. The van der Waals surface area contributed by atoms with Gasteiger partial charge < -0.3 is 10.1 Å². The number of nitrogens with zero attached hydrogens (tertiary/aromatic N) is 2. The number of hydrogen-bond acceptors (Lipinski definition) is 4. The van der Waals surface area contributed by atoms with Gasteiger partial charge in [0, 0.05) is 17.6 Å². The van der Waals surface area contributed by atoms with Crippen LogP contribution in [0.1, 0.15) is 23.0 Å². The van der Waals surface area contributed by atoms with Crippen molar-refractivity contribution in [1.29, 1.82) is 0 Å². The van der Waals surface area contributed by atoms with Gasteiger partial charge in [0.05, 0.1) is 12.3 Å². The molecule has 0 aliphatic carbocycles. The first-order chi connectivity index (χ1) is 13.1. The van der Waals surface area contributed by atoms with Crippen molar-refractivity contribution in [1.82, 2.24) is 9.78 Å². The van der Waals surface area contributed by atoms with Crippen molar-refractivity contribution in [2.75, 3.05) is 17.2 Å². The molecule has 3 aromatic rings. The highest BCUT2D eigenvalue weighted by Crippen LogP contribution is 2.24. The SMILES string of the molecule is CCOC(=O)Nc1cccc(NC(=O)c2ccn(-c3ccccc3)n2)c1C. The Morgan fingerprint density at radius 2 is 1.70 bits per heavy atom. The van der Waals surface area contributed by atoms with Crippen molar-refractivity contribution >= 4 is 23.4 Å². The molecule has 0 unspecified atom stereocenters. The van der Waals surface area contributed by atoms with Crippen molar-refractivity contribution in [2.45, 2.75) is 13.8 Å². The van der Waals surface area contributed by atoms with Crippen LogP contribution in [0.2, 0.25) is 0 Å². The second-order valence-electron chi connectivity index (χ2n) is 5.76. The fraction of sp³-hybridized carbons (Fsp3) is 0.150. The van der Waals surface area contributed by atoms with Gasteiger partial charge in [0.25, 0.3) is 5.91 Å². The monoisotopic (exact) mass is 364 g/mol. The first-order valence-electron chi connectivity index (χ1n) is 8.54. The summed E-state index contributed by atoms with van der Waals surface area (Å²) in [4.78, 5) is 24.2. The molecule has 0 radical (unpaired) electrons. The lowest BCUT2D eigenvalue weighted by atomic mass is 10.1. The molecule has 0 saturated carbocycles. The number of benzene rings is 2. The van der Waals surface area contributed by atoms with Crippen LogP contribution in [-0.4, -0.2) is 28.4 Å². The molecule has 0 aliphatic heterocycles. The van der Waals surface area contributed by atoms with Gasteiger partial charge >= 0.3 is 6.09 Å². The Hall–Kier alpha value is -3.61. The van der Waals surface area contributed by atoms with Crippen LogP contribution in [0.15, 0.2) is 60.8 Å². The molecule has 138 valence electrons. The van der Waals surface area contributed by atoms with Gasteiger partial charge in [-0.15, -0.1) is 0 Å². The molecule has 0 saturated heterocycles. The summed E-state index contributed by atoms with van der Waals surface area (Å²) < 4.78 is 6.53. The minimum atomic E-state index is -0.536. The van der Waals surface area contributed by atoms with Crippen LogP contribution in [0.5, 0.6) is 0 Å². The molecule has 0 atom stereocenters. The normalized spacial score (nSPS) is 10.3. The molecule has 7 nitrogen and oxygen atoms in total. The summed E-state index contributed by atoms with van der Waals surface area (Å²) in [6.07, 6.45) is 1.20. The zero-order valence-corrected chi connectivity index (χ0v) is 15.1. The predicted molar refractivity (Wildman–Crippen MR) is 103 cm³/mol. The number of aromatic nitrogens is 2. The number of hydrogen-bond donors (Lipinski definition) is 2. The van der Waals surface area contributed by atoms with Gasteiger partial charge in [-0.1, -0.05) is 24.3 Å². The van der Waals surface area contributed by atoms with Gasteiger partial charge in [0.15, 0.2) is 5.69 Å². The van der Waals surface area contributed by atoms with E-state index < -0.39 is 6.09 Å². The van der Waals surface area contributed by atoms with E-state index in [0.717, 1.165) is 11.3 Å². The van der Waals surface area contributed by atoms with Gasteiger partial charge in [-0.2, -0.15) is 5.10 Å². The molecule has 0 spiro atoms. The first kappa shape index (κ1) is 18.2. The van der Waals surface area contributed by atoms with E-state index in [0.29, 0.717) is 17.1 Å². The van der Waals surface area contributed by atoms with Gasteiger partial charge in [-0.3, -0.25) is 10.1 Å². The topological polar surface area (TPSA) is 85.3 Å². The molecule has 0 bridgehead atoms. The van der Waals surface area contributed by atoms with Crippen LogP contribution in [0, 0.1) is 6.92 Å². The lowest BCUT2D eigenvalue weighted by Crippen LogP contribution is -2.17. The standard InChI is InChI=1S/C20H20N4O3/c1-3-27-20(26)22-17-11-7-10-16(14(17)2)21-19(25)18-12-13-24(23-18)15-8-5-4-6-9-15/h4-13H,3H2,1-2H3,(H,21,25)(H,22,26). The molecule has 2 N–H and O–H groups in total. The lowest BCUT2D eigenvalue weighted by molar-refractivity contribution is 0.102. The Labute approximate surface area is 157 Å². The molecule has 3 rings (SSSR count). The van der Waals surface area contributed by atoms with Crippen LogP contribution in [0.25, 0.3) is 5.69 Å². The molecule has 27 heavy (non-hydrogen) atoms. The summed E-state index contributed by atoms with van der Waals surface area (Å²) in [5.74, 6) is -0.332. The Morgan fingerprint density at radius 3 is 2.41 bits per heavy atom. The van der Waals surface area contributed by atoms with E-state index in [2.05, 4.69) is 15.7 Å². The minimum absolute atomic E-state index is 0.283. The molecular weight excluding hydrogens is 344 g/mol. The summed E-state index contributed by atoms with van der Waals surface area (Å²) >= 11 is 0. The zero-order valence-electron chi connectivity index (χ0n) is 15.1. The summed E-state index contributed by atoms with van der Waals surface area (Å²) in [6.45, 7) is 3.82. The number of ether oxygens (including phenoxy) is 1.